The quantitative estimate of drug-likeness (QED) is 0.525. The van der Waals surface area contributed by atoms with Crippen molar-refractivity contribution in [2.45, 2.75) is 13.1 Å². The molecule has 0 bridgehead atoms. The smallest absolute Gasteiger partial charge is 0.294 e. The zero-order chi connectivity index (χ0) is 21.4. The first kappa shape index (κ1) is 19.3. The number of hydrogen-bond donors (Lipinski definition) is 1. The van der Waals surface area contributed by atoms with Gasteiger partial charge in [0.1, 0.15) is 0 Å². The number of carbonyl (C=O) groups is 2. The van der Waals surface area contributed by atoms with Gasteiger partial charge in [0.25, 0.3) is 11.8 Å². The largest absolute Gasteiger partial charge is 0.348 e. The van der Waals surface area contributed by atoms with Crippen molar-refractivity contribution in [2.24, 2.45) is 0 Å². The molecule has 0 fully saturated rings. The average Bonchev–Trinajstić information content (AvgIpc) is 3.18. The lowest BCUT2D eigenvalue weighted by molar-refractivity contribution is 0.0947. The highest BCUT2D eigenvalue weighted by Crippen LogP contribution is 2.25. The van der Waals surface area contributed by atoms with Gasteiger partial charge in [0.05, 0.1) is 11.0 Å². The van der Waals surface area contributed by atoms with E-state index in [0.29, 0.717) is 41.6 Å². The number of aromatic nitrogens is 2. The molecule has 1 aliphatic rings. The summed E-state index contributed by atoms with van der Waals surface area (Å²) >= 11 is 5.90. The molecule has 31 heavy (non-hydrogen) atoms. The van der Waals surface area contributed by atoms with Gasteiger partial charge in [-0.05, 0) is 48.0 Å². The second-order valence-corrected chi connectivity index (χ2v) is 7.83. The molecule has 0 radical (unpaired) electrons. The van der Waals surface area contributed by atoms with Crippen LogP contribution in [0.15, 0.2) is 72.8 Å². The normalized spacial score (nSPS) is 13.3. The molecule has 6 nitrogen and oxygen atoms in total. The molecule has 3 aromatic carbocycles. The molecule has 0 spiro atoms. The van der Waals surface area contributed by atoms with Gasteiger partial charge >= 0.3 is 0 Å². The average molecular weight is 431 g/mol. The van der Waals surface area contributed by atoms with E-state index in [-0.39, 0.29) is 11.8 Å². The van der Waals surface area contributed by atoms with Crippen LogP contribution in [0.5, 0.6) is 0 Å². The van der Waals surface area contributed by atoms with Crippen molar-refractivity contribution < 1.29 is 9.59 Å². The second kappa shape index (κ2) is 7.89. The zero-order valence-corrected chi connectivity index (χ0v) is 17.3. The Bertz CT molecular complexity index is 1280. The van der Waals surface area contributed by atoms with Crippen molar-refractivity contribution in [3.63, 3.8) is 0 Å². The van der Waals surface area contributed by atoms with E-state index in [0.717, 1.165) is 16.8 Å². The van der Waals surface area contributed by atoms with E-state index in [9.17, 15) is 9.59 Å². The van der Waals surface area contributed by atoms with E-state index in [1.165, 1.54) is 0 Å². The molecule has 0 atom stereocenters. The van der Waals surface area contributed by atoms with Gasteiger partial charge < -0.3 is 14.8 Å². The Morgan fingerprint density at radius 1 is 1.00 bits per heavy atom. The molecule has 1 aliphatic heterocycles. The third kappa shape index (κ3) is 3.66. The highest BCUT2D eigenvalue weighted by atomic mass is 35.5. The fraction of sp³-hybridized carbons (Fsp3) is 0.125. The summed E-state index contributed by atoms with van der Waals surface area (Å²) in [6.45, 7) is 1.62. The Morgan fingerprint density at radius 2 is 1.77 bits per heavy atom. The number of halogens is 1. The van der Waals surface area contributed by atoms with E-state index in [1.54, 1.807) is 29.2 Å². The highest BCUT2D eigenvalue weighted by Gasteiger charge is 2.29. The topological polar surface area (TPSA) is 67.2 Å². The van der Waals surface area contributed by atoms with Crippen LogP contribution in [0.25, 0.3) is 11.0 Å². The van der Waals surface area contributed by atoms with E-state index in [4.69, 9.17) is 11.6 Å². The summed E-state index contributed by atoms with van der Waals surface area (Å²) in [5.74, 6) is 0.0614. The molecule has 7 heteroatoms. The van der Waals surface area contributed by atoms with E-state index < -0.39 is 0 Å². The number of carbonyl (C=O) groups excluding carboxylic acids is 2. The summed E-state index contributed by atoms with van der Waals surface area (Å²) in [6.07, 6.45) is 0. The second-order valence-electron chi connectivity index (χ2n) is 7.39. The van der Waals surface area contributed by atoms with Crippen LogP contribution in [0, 0.1) is 0 Å². The predicted octanol–water partition coefficient (Wildman–Crippen LogP) is 4.28. The lowest BCUT2D eigenvalue weighted by Crippen LogP contribution is -2.40. The molecule has 2 amide bonds. The van der Waals surface area contributed by atoms with E-state index >= 15 is 0 Å². The molecule has 1 aromatic heterocycles. The van der Waals surface area contributed by atoms with Gasteiger partial charge in [0.15, 0.2) is 0 Å². The summed E-state index contributed by atoms with van der Waals surface area (Å²) in [7, 11) is 0. The first-order chi connectivity index (χ1) is 15.1. The number of benzene rings is 3. The molecule has 0 saturated carbocycles. The van der Waals surface area contributed by atoms with Crippen LogP contribution in [-0.4, -0.2) is 27.9 Å². The molecule has 0 unspecified atom stereocenters. The summed E-state index contributed by atoms with van der Waals surface area (Å²) in [5, 5.41) is 3.56. The lowest BCUT2D eigenvalue weighted by atomic mass is 10.1. The molecule has 2 heterocycles. The van der Waals surface area contributed by atoms with Crippen molar-refractivity contribution in [1.82, 2.24) is 14.9 Å². The molecule has 5 rings (SSSR count). The summed E-state index contributed by atoms with van der Waals surface area (Å²) in [6, 6.07) is 22.3. The number of hydrogen-bond acceptors (Lipinski definition) is 3. The maximum atomic E-state index is 13.0. The SMILES string of the molecule is O=C(NCc1ccc(Cl)cc1)c1ccc2c(c1)nc1n2CCN(c2ccccc2)C1=O. The third-order valence-corrected chi connectivity index (χ3v) is 5.68. The molecule has 154 valence electrons. The van der Waals surface area contributed by atoms with Crippen molar-refractivity contribution in [2.75, 3.05) is 11.4 Å². The van der Waals surface area contributed by atoms with Crippen LogP contribution in [-0.2, 0) is 13.1 Å². The fourth-order valence-corrected chi connectivity index (χ4v) is 3.95. The summed E-state index contributed by atoms with van der Waals surface area (Å²) in [5.41, 5.74) is 3.81. The van der Waals surface area contributed by atoms with Gasteiger partial charge in [0.2, 0.25) is 5.82 Å². The highest BCUT2D eigenvalue weighted by molar-refractivity contribution is 6.30. The number of imidazole rings is 1. The Labute approximate surface area is 184 Å². The Kier molecular flexibility index (Phi) is 4.92. The standard InChI is InChI=1S/C24H19ClN4O2/c25-18-9-6-16(7-10-18)15-26-23(30)17-8-11-21-20(14-17)27-22-24(31)28(12-13-29(21)22)19-4-2-1-3-5-19/h1-11,14H,12-13,15H2,(H,26,30). The van der Waals surface area contributed by atoms with E-state index in [2.05, 4.69) is 10.3 Å². The van der Waals surface area contributed by atoms with Crippen molar-refractivity contribution in [3.8, 4) is 0 Å². The van der Waals surface area contributed by atoms with Crippen LogP contribution < -0.4 is 10.2 Å². The Hall–Kier alpha value is -3.64. The van der Waals surface area contributed by atoms with Crippen LogP contribution in [0.3, 0.4) is 0 Å². The first-order valence-corrected chi connectivity index (χ1v) is 10.4. The minimum Gasteiger partial charge on any atom is -0.348 e. The van der Waals surface area contributed by atoms with Gasteiger partial charge in [-0.25, -0.2) is 4.98 Å². The third-order valence-electron chi connectivity index (χ3n) is 5.43. The number of fused-ring (bicyclic) bond motifs is 3. The van der Waals surface area contributed by atoms with Crippen LogP contribution >= 0.6 is 11.6 Å². The number of nitrogens with zero attached hydrogens (tertiary/aromatic N) is 3. The first-order valence-electron chi connectivity index (χ1n) is 10.00. The number of rotatable bonds is 4. The van der Waals surface area contributed by atoms with Gasteiger partial charge in [-0.2, -0.15) is 0 Å². The Morgan fingerprint density at radius 3 is 2.55 bits per heavy atom. The van der Waals surface area contributed by atoms with Crippen molar-refractivity contribution in [1.29, 1.82) is 0 Å². The van der Waals surface area contributed by atoms with Gasteiger partial charge in [-0.1, -0.05) is 41.9 Å². The van der Waals surface area contributed by atoms with Gasteiger partial charge in [-0.15, -0.1) is 0 Å². The maximum absolute atomic E-state index is 13.0. The van der Waals surface area contributed by atoms with Gasteiger partial charge in [0, 0.05) is 35.9 Å². The fourth-order valence-electron chi connectivity index (χ4n) is 3.82. The monoisotopic (exact) mass is 430 g/mol. The van der Waals surface area contributed by atoms with Gasteiger partial charge in [-0.3, -0.25) is 9.59 Å². The summed E-state index contributed by atoms with van der Waals surface area (Å²) < 4.78 is 1.92. The lowest BCUT2D eigenvalue weighted by Gasteiger charge is -2.27. The molecular formula is C24H19ClN4O2. The summed E-state index contributed by atoms with van der Waals surface area (Å²) in [4.78, 5) is 32.0. The van der Waals surface area contributed by atoms with Crippen molar-refractivity contribution >= 4 is 40.1 Å². The minimum atomic E-state index is -0.194. The number of para-hydroxylation sites is 1. The zero-order valence-electron chi connectivity index (χ0n) is 16.6. The molecular weight excluding hydrogens is 412 g/mol. The van der Waals surface area contributed by atoms with Crippen LogP contribution in [0.1, 0.15) is 26.5 Å². The minimum absolute atomic E-state index is 0.137. The number of amides is 2. The van der Waals surface area contributed by atoms with E-state index in [1.807, 2.05) is 53.1 Å². The predicted molar refractivity (Wildman–Crippen MR) is 120 cm³/mol. The molecule has 4 aromatic rings. The molecule has 0 saturated heterocycles. The molecule has 1 N–H and O–H groups in total. The van der Waals surface area contributed by atoms with Crippen LogP contribution in [0.2, 0.25) is 5.02 Å². The van der Waals surface area contributed by atoms with Crippen molar-refractivity contribution in [3.05, 3.63) is 94.8 Å². The number of nitrogens with one attached hydrogen (secondary N) is 1. The Balaban J connectivity index is 1.38. The number of anilines is 1. The van der Waals surface area contributed by atoms with Crippen LogP contribution in [0.4, 0.5) is 5.69 Å². The maximum Gasteiger partial charge on any atom is 0.294 e. The molecule has 0 aliphatic carbocycles.